The smallest absolute Gasteiger partial charge is 0.307 e. The molecule has 9 heteroatoms. The molecule has 2 aromatic carbocycles. The fraction of sp³-hybridized carbons (Fsp3) is 0.167. The van der Waals surface area contributed by atoms with E-state index in [1.54, 1.807) is 10.7 Å². The van der Waals surface area contributed by atoms with Crippen LogP contribution in [0.15, 0.2) is 66.6 Å². The molecule has 0 aliphatic heterocycles. The lowest BCUT2D eigenvalue weighted by molar-refractivity contribution is -0.790. The summed E-state index contributed by atoms with van der Waals surface area (Å²) in [6.45, 7) is 2.03. The van der Waals surface area contributed by atoms with Crippen molar-refractivity contribution < 1.29 is 14.0 Å². The highest BCUT2D eigenvalue weighted by atomic mass is 79.9. The lowest BCUT2D eigenvalue weighted by Crippen LogP contribution is -2.41. The van der Waals surface area contributed by atoms with Crippen molar-refractivity contribution in [2.75, 3.05) is 10.6 Å². The summed E-state index contributed by atoms with van der Waals surface area (Å²) in [5, 5.41) is 9.45. The number of rotatable bonds is 5. The second kappa shape index (κ2) is 8.99. The van der Waals surface area contributed by atoms with Gasteiger partial charge in [-0.25, -0.2) is 4.79 Å². The maximum Gasteiger partial charge on any atom is 0.340 e. The Labute approximate surface area is 181 Å². The van der Waals surface area contributed by atoms with Gasteiger partial charge in [0.15, 0.2) is 6.04 Å². The van der Waals surface area contributed by atoms with E-state index < -0.39 is 6.03 Å². The SMILES string of the molecule is CC(Cc1ccccc1)[n+]1noc(NC(=O)Nc2ccc(Br)cc2Br)c1Br. The molecular weight excluding hydrogens is 544 g/mol. The van der Waals surface area contributed by atoms with Gasteiger partial charge in [-0.05, 0) is 44.4 Å². The van der Waals surface area contributed by atoms with Crippen LogP contribution in [0.1, 0.15) is 18.5 Å². The van der Waals surface area contributed by atoms with Crippen molar-refractivity contribution >= 4 is 65.4 Å². The molecule has 1 aromatic heterocycles. The average Bonchev–Trinajstić information content (AvgIpc) is 2.99. The minimum atomic E-state index is -0.433. The third-order valence-corrected chi connectivity index (χ3v) is 5.68. The quantitative estimate of drug-likeness (QED) is 0.394. The van der Waals surface area contributed by atoms with Crippen molar-refractivity contribution in [3.8, 4) is 0 Å². The Bertz CT molecular complexity index is 947. The van der Waals surface area contributed by atoms with Crippen molar-refractivity contribution in [2.24, 2.45) is 0 Å². The molecule has 2 amide bonds. The predicted molar refractivity (Wildman–Crippen MR) is 114 cm³/mol. The molecule has 1 unspecified atom stereocenters. The monoisotopic (exact) mass is 557 g/mol. The number of urea groups is 1. The first-order valence-electron chi connectivity index (χ1n) is 8.08. The second-order valence-electron chi connectivity index (χ2n) is 5.88. The van der Waals surface area contributed by atoms with E-state index in [2.05, 4.69) is 75.8 Å². The molecule has 2 N–H and O–H groups in total. The molecule has 3 rings (SSSR count). The number of benzene rings is 2. The topological polar surface area (TPSA) is 71.0 Å². The van der Waals surface area contributed by atoms with E-state index in [0.717, 1.165) is 15.4 Å². The molecule has 0 radical (unpaired) electrons. The molecule has 140 valence electrons. The zero-order valence-corrected chi connectivity index (χ0v) is 19.0. The van der Waals surface area contributed by atoms with Gasteiger partial charge in [-0.1, -0.05) is 46.3 Å². The van der Waals surface area contributed by atoms with Crippen LogP contribution in [0.3, 0.4) is 0 Å². The van der Waals surface area contributed by atoms with Crippen molar-refractivity contribution in [3.63, 3.8) is 0 Å². The number of nitrogens with zero attached hydrogens (tertiary/aromatic N) is 2. The summed E-state index contributed by atoms with van der Waals surface area (Å²) in [6.07, 6.45) is 0.786. The van der Waals surface area contributed by atoms with Gasteiger partial charge in [0.2, 0.25) is 5.27 Å². The number of nitrogens with one attached hydrogen (secondary N) is 2. The lowest BCUT2D eigenvalue weighted by Gasteiger charge is -2.07. The van der Waals surface area contributed by atoms with E-state index >= 15 is 0 Å². The van der Waals surface area contributed by atoms with Crippen LogP contribution in [-0.4, -0.2) is 11.3 Å². The minimum Gasteiger partial charge on any atom is -0.307 e. The van der Waals surface area contributed by atoms with Crippen molar-refractivity contribution in [1.82, 2.24) is 5.27 Å². The first-order valence-corrected chi connectivity index (χ1v) is 10.5. The molecule has 0 saturated carbocycles. The Morgan fingerprint density at radius 2 is 1.89 bits per heavy atom. The van der Waals surface area contributed by atoms with Crippen molar-refractivity contribution in [2.45, 2.75) is 19.4 Å². The van der Waals surface area contributed by atoms with Crippen LogP contribution in [0.5, 0.6) is 0 Å². The Hall–Kier alpha value is -1.71. The van der Waals surface area contributed by atoms with Crippen molar-refractivity contribution in [1.29, 1.82) is 0 Å². The summed E-state index contributed by atoms with van der Waals surface area (Å²) < 4.78 is 9.21. The van der Waals surface area contributed by atoms with Crippen molar-refractivity contribution in [3.05, 3.63) is 67.6 Å². The molecule has 0 saturated heterocycles. The Morgan fingerprint density at radius 3 is 2.59 bits per heavy atom. The van der Waals surface area contributed by atoms with E-state index in [4.69, 9.17) is 4.52 Å². The molecule has 0 aliphatic rings. The number of hydrogen-bond donors (Lipinski definition) is 2. The minimum absolute atomic E-state index is 0.0461. The Kier molecular flexibility index (Phi) is 6.67. The molecule has 0 spiro atoms. The van der Waals surface area contributed by atoms with Gasteiger partial charge in [-0.3, -0.25) is 9.84 Å². The third-order valence-electron chi connectivity index (χ3n) is 3.81. The number of anilines is 2. The zero-order chi connectivity index (χ0) is 19.4. The van der Waals surface area contributed by atoms with Gasteiger partial charge < -0.3 is 5.32 Å². The fourth-order valence-corrected chi connectivity index (χ4v) is 4.23. The van der Waals surface area contributed by atoms with E-state index in [0.29, 0.717) is 10.3 Å². The van der Waals surface area contributed by atoms with Crippen LogP contribution >= 0.6 is 47.8 Å². The summed E-state index contributed by atoms with van der Waals surface area (Å²) in [6, 6.07) is 15.2. The van der Waals surface area contributed by atoms with Gasteiger partial charge in [-0.15, -0.1) is 0 Å². The number of aromatic nitrogens is 2. The average molecular weight is 560 g/mol. The molecule has 6 nitrogen and oxygen atoms in total. The molecule has 0 bridgehead atoms. The first-order chi connectivity index (χ1) is 12.9. The summed E-state index contributed by atoms with van der Waals surface area (Å²) in [7, 11) is 0. The van der Waals surface area contributed by atoms with Crippen LogP contribution in [0.4, 0.5) is 16.4 Å². The number of amides is 2. The second-order valence-corrected chi connectivity index (χ2v) is 8.40. The van der Waals surface area contributed by atoms with E-state index in [-0.39, 0.29) is 11.9 Å². The number of hydrogen-bond acceptors (Lipinski definition) is 3. The van der Waals surface area contributed by atoms with Crippen LogP contribution in [-0.2, 0) is 6.42 Å². The highest BCUT2D eigenvalue weighted by Gasteiger charge is 2.28. The molecule has 0 aliphatic carbocycles. The summed E-state index contributed by atoms with van der Waals surface area (Å²) in [5.41, 5.74) is 1.83. The standard InChI is InChI=1S/C18H15Br3N4O2/c1-11(9-12-5-3-2-4-6-12)25-16(21)17(27-24-25)23-18(26)22-15-8-7-13(19)10-14(15)20/h2-8,10-11H,9H2,1H3,(H-,22,23,24,26)/p+1. The van der Waals surface area contributed by atoms with Crippen LogP contribution in [0.2, 0.25) is 0 Å². The molecule has 1 heterocycles. The van der Waals surface area contributed by atoms with Crippen LogP contribution in [0, 0.1) is 0 Å². The maximum absolute atomic E-state index is 12.3. The van der Waals surface area contributed by atoms with Crippen LogP contribution in [0.25, 0.3) is 0 Å². The highest BCUT2D eigenvalue weighted by Crippen LogP contribution is 2.26. The Morgan fingerprint density at radius 1 is 1.15 bits per heavy atom. The zero-order valence-electron chi connectivity index (χ0n) is 14.2. The summed E-state index contributed by atoms with van der Waals surface area (Å²) in [4.78, 5) is 12.3. The predicted octanol–water partition coefficient (Wildman–Crippen LogP) is 5.70. The van der Waals surface area contributed by atoms with E-state index in [9.17, 15) is 4.79 Å². The van der Waals surface area contributed by atoms with E-state index in [1.807, 2.05) is 37.3 Å². The third kappa shape index (κ3) is 5.18. The molecule has 3 aromatic rings. The van der Waals surface area contributed by atoms with Gasteiger partial charge in [0.25, 0.3) is 0 Å². The Balaban J connectivity index is 1.66. The number of halogens is 3. The molecule has 1 atom stereocenters. The molecular formula is C18H16Br3N4O2+. The lowest BCUT2D eigenvalue weighted by atomic mass is 10.1. The van der Waals surface area contributed by atoms with Gasteiger partial charge >= 0.3 is 16.5 Å². The van der Waals surface area contributed by atoms with Gasteiger partial charge in [0.05, 0.1) is 5.69 Å². The van der Waals surface area contributed by atoms with Crippen LogP contribution < -0.4 is 15.3 Å². The highest BCUT2D eigenvalue weighted by molar-refractivity contribution is 9.11. The fourth-order valence-electron chi connectivity index (χ4n) is 2.50. The van der Waals surface area contributed by atoms with E-state index in [1.165, 1.54) is 5.56 Å². The van der Waals surface area contributed by atoms with Gasteiger partial charge in [0, 0.05) is 38.2 Å². The molecule has 0 fully saturated rings. The van der Waals surface area contributed by atoms with Gasteiger partial charge in [-0.2, -0.15) is 0 Å². The largest absolute Gasteiger partial charge is 0.340 e. The molecule has 27 heavy (non-hydrogen) atoms. The van der Waals surface area contributed by atoms with Gasteiger partial charge in [0.1, 0.15) is 0 Å². The normalized spacial score (nSPS) is 11.9. The summed E-state index contributed by atoms with van der Waals surface area (Å²) >= 11 is 10.2. The number of carbonyl (C=O) groups excluding carboxylic acids is 1. The first kappa shape index (κ1) is 20.0. The summed E-state index contributed by atoms with van der Waals surface area (Å²) in [5.74, 6) is 0.237. The number of carbonyl (C=O) groups is 1. The maximum atomic E-state index is 12.3.